The summed E-state index contributed by atoms with van der Waals surface area (Å²) in [7, 11) is 0. The highest BCUT2D eigenvalue weighted by molar-refractivity contribution is 5.41. The molecule has 1 heterocycles. The third kappa shape index (κ3) is 5.52. The van der Waals surface area contributed by atoms with Gasteiger partial charge in [0.15, 0.2) is 0 Å². The minimum absolute atomic E-state index is 0.707. The summed E-state index contributed by atoms with van der Waals surface area (Å²) >= 11 is 0. The molecule has 1 rings (SSSR count). The molecule has 96 valence electrons. The first-order chi connectivity index (χ1) is 8.11. The Morgan fingerprint density at radius 3 is 2.65 bits per heavy atom. The van der Waals surface area contributed by atoms with Crippen molar-refractivity contribution in [2.75, 3.05) is 23.7 Å². The van der Waals surface area contributed by atoms with Crippen LogP contribution in [0.4, 0.5) is 11.8 Å². The van der Waals surface area contributed by atoms with Gasteiger partial charge in [-0.15, -0.1) is 0 Å². The molecule has 0 aliphatic rings. The largest absolute Gasteiger partial charge is 0.370 e. The molecule has 1 aromatic rings. The molecule has 0 aromatic carbocycles. The van der Waals surface area contributed by atoms with Crippen molar-refractivity contribution in [2.24, 2.45) is 5.92 Å². The molecule has 0 radical (unpaired) electrons. The van der Waals surface area contributed by atoms with E-state index in [4.69, 9.17) is 0 Å². The van der Waals surface area contributed by atoms with E-state index in [-0.39, 0.29) is 0 Å². The number of nitrogens with one attached hydrogen (secondary N) is 2. The molecule has 0 saturated heterocycles. The van der Waals surface area contributed by atoms with E-state index in [1.165, 1.54) is 12.8 Å². The van der Waals surface area contributed by atoms with Crippen LogP contribution in [0.25, 0.3) is 0 Å². The van der Waals surface area contributed by atoms with Crippen molar-refractivity contribution in [2.45, 2.75) is 40.5 Å². The zero-order chi connectivity index (χ0) is 12.7. The van der Waals surface area contributed by atoms with Gasteiger partial charge < -0.3 is 10.6 Å². The predicted octanol–water partition coefficient (Wildman–Crippen LogP) is 3.06. The molecule has 4 heteroatoms. The molecule has 0 saturated carbocycles. The third-order valence-corrected chi connectivity index (χ3v) is 2.45. The summed E-state index contributed by atoms with van der Waals surface area (Å²) in [4.78, 5) is 8.72. The second-order valence-electron chi connectivity index (χ2n) is 4.71. The summed E-state index contributed by atoms with van der Waals surface area (Å²) < 4.78 is 0. The Labute approximate surface area is 104 Å². The van der Waals surface area contributed by atoms with Gasteiger partial charge in [-0.3, -0.25) is 0 Å². The van der Waals surface area contributed by atoms with Gasteiger partial charge in [0.1, 0.15) is 5.82 Å². The Hall–Kier alpha value is -1.32. The first-order valence-corrected chi connectivity index (χ1v) is 6.45. The molecule has 0 fully saturated rings. The molecule has 1 aromatic heterocycles. The highest BCUT2D eigenvalue weighted by atomic mass is 15.1. The van der Waals surface area contributed by atoms with Crippen molar-refractivity contribution >= 4 is 11.8 Å². The van der Waals surface area contributed by atoms with Crippen LogP contribution in [0.15, 0.2) is 6.07 Å². The fourth-order valence-electron chi connectivity index (χ4n) is 1.62. The Morgan fingerprint density at radius 1 is 1.24 bits per heavy atom. The van der Waals surface area contributed by atoms with Gasteiger partial charge in [-0.2, -0.15) is 4.98 Å². The second kappa shape index (κ2) is 7.09. The van der Waals surface area contributed by atoms with Gasteiger partial charge in [-0.25, -0.2) is 4.98 Å². The second-order valence-corrected chi connectivity index (χ2v) is 4.71. The monoisotopic (exact) mass is 236 g/mol. The highest BCUT2D eigenvalue weighted by Crippen LogP contribution is 2.10. The molecule has 0 bridgehead atoms. The van der Waals surface area contributed by atoms with Crippen LogP contribution >= 0.6 is 0 Å². The van der Waals surface area contributed by atoms with Crippen LogP contribution in [0.5, 0.6) is 0 Å². The van der Waals surface area contributed by atoms with E-state index in [9.17, 15) is 0 Å². The van der Waals surface area contributed by atoms with Crippen molar-refractivity contribution in [1.82, 2.24) is 9.97 Å². The fraction of sp³-hybridized carbons (Fsp3) is 0.692. The van der Waals surface area contributed by atoms with Crippen LogP contribution < -0.4 is 10.6 Å². The SMILES string of the molecule is CCNc1nc(C)cc(NCCCC(C)C)n1. The van der Waals surface area contributed by atoms with Gasteiger partial charge in [0, 0.05) is 24.8 Å². The first kappa shape index (κ1) is 13.7. The summed E-state index contributed by atoms with van der Waals surface area (Å²) in [6.07, 6.45) is 2.42. The van der Waals surface area contributed by atoms with Gasteiger partial charge in [0.25, 0.3) is 0 Å². The number of hydrogen-bond donors (Lipinski definition) is 2. The molecule has 0 aliphatic heterocycles. The Morgan fingerprint density at radius 2 is 2.00 bits per heavy atom. The van der Waals surface area contributed by atoms with E-state index in [1.807, 2.05) is 19.9 Å². The maximum atomic E-state index is 4.41. The summed E-state index contributed by atoms with van der Waals surface area (Å²) in [5.41, 5.74) is 0.988. The Bertz CT molecular complexity index is 336. The van der Waals surface area contributed by atoms with E-state index in [0.29, 0.717) is 5.95 Å². The first-order valence-electron chi connectivity index (χ1n) is 6.45. The fourth-order valence-corrected chi connectivity index (χ4v) is 1.62. The normalized spacial score (nSPS) is 10.6. The van der Waals surface area contributed by atoms with Crippen LogP contribution in [0, 0.1) is 12.8 Å². The zero-order valence-electron chi connectivity index (χ0n) is 11.4. The topological polar surface area (TPSA) is 49.8 Å². The molecular formula is C13H24N4. The lowest BCUT2D eigenvalue weighted by Crippen LogP contribution is -2.08. The minimum Gasteiger partial charge on any atom is -0.370 e. The molecule has 0 amide bonds. The average molecular weight is 236 g/mol. The molecule has 0 atom stereocenters. The number of rotatable bonds is 7. The molecule has 0 spiro atoms. The molecule has 0 unspecified atom stereocenters. The van der Waals surface area contributed by atoms with Crippen LogP contribution in [-0.2, 0) is 0 Å². The summed E-state index contributed by atoms with van der Waals surface area (Å²) in [6, 6.07) is 1.98. The smallest absolute Gasteiger partial charge is 0.224 e. The van der Waals surface area contributed by atoms with Crippen molar-refractivity contribution in [3.8, 4) is 0 Å². The maximum Gasteiger partial charge on any atom is 0.224 e. The number of hydrogen-bond acceptors (Lipinski definition) is 4. The minimum atomic E-state index is 0.707. The lowest BCUT2D eigenvalue weighted by Gasteiger charge is -2.09. The predicted molar refractivity (Wildman–Crippen MR) is 73.5 cm³/mol. The van der Waals surface area contributed by atoms with Crippen molar-refractivity contribution in [3.05, 3.63) is 11.8 Å². The zero-order valence-corrected chi connectivity index (χ0v) is 11.4. The molecular weight excluding hydrogens is 212 g/mol. The van der Waals surface area contributed by atoms with Crippen LogP contribution in [0.2, 0.25) is 0 Å². The van der Waals surface area contributed by atoms with Gasteiger partial charge in [-0.1, -0.05) is 13.8 Å². The van der Waals surface area contributed by atoms with E-state index in [0.717, 1.165) is 30.5 Å². The van der Waals surface area contributed by atoms with Crippen LogP contribution in [0.1, 0.15) is 39.3 Å². The highest BCUT2D eigenvalue weighted by Gasteiger charge is 2.01. The molecule has 17 heavy (non-hydrogen) atoms. The Balaban J connectivity index is 2.46. The van der Waals surface area contributed by atoms with Crippen LogP contribution in [-0.4, -0.2) is 23.1 Å². The third-order valence-electron chi connectivity index (χ3n) is 2.45. The van der Waals surface area contributed by atoms with Gasteiger partial charge in [0.05, 0.1) is 0 Å². The standard InChI is InChI=1S/C13H24N4/c1-5-14-13-16-11(4)9-12(17-13)15-8-6-7-10(2)3/h9-10H,5-8H2,1-4H3,(H2,14,15,16,17). The summed E-state index contributed by atoms with van der Waals surface area (Å²) in [5.74, 6) is 2.39. The van der Waals surface area contributed by atoms with E-state index in [1.54, 1.807) is 0 Å². The summed E-state index contributed by atoms with van der Waals surface area (Å²) in [5, 5.41) is 6.48. The molecule has 0 aliphatic carbocycles. The van der Waals surface area contributed by atoms with Gasteiger partial charge >= 0.3 is 0 Å². The lowest BCUT2D eigenvalue weighted by molar-refractivity contribution is 0.566. The Kier molecular flexibility index (Phi) is 5.73. The van der Waals surface area contributed by atoms with Crippen molar-refractivity contribution in [3.63, 3.8) is 0 Å². The van der Waals surface area contributed by atoms with Gasteiger partial charge in [-0.05, 0) is 32.6 Å². The van der Waals surface area contributed by atoms with Crippen molar-refractivity contribution < 1.29 is 0 Å². The van der Waals surface area contributed by atoms with E-state index in [2.05, 4.69) is 34.4 Å². The quantitative estimate of drug-likeness (QED) is 0.714. The van der Waals surface area contributed by atoms with Gasteiger partial charge in [0.2, 0.25) is 5.95 Å². The number of aryl methyl sites for hydroxylation is 1. The lowest BCUT2D eigenvalue weighted by atomic mass is 10.1. The van der Waals surface area contributed by atoms with E-state index >= 15 is 0 Å². The maximum absolute atomic E-state index is 4.41. The molecule has 4 nitrogen and oxygen atoms in total. The number of anilines is 2. The van der Waals surface area contributed by atoms with Crippen LogP contribution in [0.3, 0.4) is 0 Å². The average Bonchev–Trinajstić information content (AvgIpc) is 2.24. The van der Waals surface area contributed by atoms with E-state index < -0.39 is 0 Å². The number of nitrogens with zero attached hydrogens (tertiary/aromatic N) is 2. The molecule has 2 N–H and O–H groups in total. The summed E-state index contributed by atoms with van der Waals surface area (Å²) in [6.45, 7) is 10.3. The number of aromatic nitrogens is 2. The van der Waals surface area contributed by atoms with Crippen molar-refractivity contribution in [1.29, 1.82) is 0 Å².